The van der Waals surface area contributed by atoms with Crippen molar-refractivity contribution in [2.24, 2.45) is 0 Å². The number of aromatic nitrogens is 2. The van der Waals surface area contributed by atoms with Crippen molar-refractivity contribution in [3.63, 3.8) is 0 Å². The van der Waals surface area contributed by atoms with E-state index in [1.54, 1.807) is 41.1 Å². The number of benzene rings is 2. The first-order valence-electron chi connectivity index (χ1n) is 7.84. The Hall–Kier alpha value is -1.86. The highest BCUT2D eigenvalue weighted by Gasteiger charge is 2.12. The summed E-state index contributed by atoms with van der Waals surface area (Å²) >= 11 is 23.5. The summed E-state index contributed by atoms with van der Waals surface area (Å²) in [7, 11) is 0. The monoisotopic (exact) mass is 442 g/mol. The molecule has 3 aromatic rings. The minimum atomic E-state index is -0.375. The predicted molar refractivity (Wildman–Crippen MR) is 114 cm³/mol. The number of hydrogen-bond acceptors (Lipinski definition) is 2. The molecule has 1 aromatic heterocycles. The third kappa shape index (κ3) is 4.90. The molecule has 0 radical (unpaired) electrons. The van der Waals surface area contributed by atoms with Gasteiger partial charge >= 0.3 is 0 Å². The Labute approximate surface area is 176 Å². The quantitative estimate of drug-likeness (QED) is 0.475. The highest BCUT2D eigenvalue weighted by Crippen LogP contribution is 2.26. The van der Waals surface area contributed by atoms with Crippen LogP contribution in [0.15, 0.2) is 42.5 Å². The minimum absolute atomic E-state index is 0.208. The number of hydrogen-bond donors (Lipinski definition) is 2. The number of nitrogens with zero attached hydrogens (tertiary/aromatic N) is 2. The van der Waals surface area contributed by atoms with Gasteiger partial charge in [-0.3, -0.25) is 4.68 Å². The summed E-state index contributed by atoms with van der Waals surface area (Å²) < 4.78 is 15.6. The summed E-state index contributed by atoms with van der Waals surface area (Å²) in [5.41, 5.74) is 1.78. The van der Waals surface area contributed by atoms with E-state index in [9.17, 15) is 4.39 Å². The van der Waals surface area contributed by atoms with Crippen molar-refractivity contribution in [1.82, 2.24) is 9.78 Å². The number of halogens is 4. The van der Waals surface area contributed by atoms with Gasteiger partial charge in [-0.05, 0) is 49.5 Å². The molecule has 3 rings (SSSR count). The molecular weight excluding hydrogens is 430 g/mol. The average Bonchev–Trinajstić information content (AvgIpc) is 2.93. The maximum absolute atomic E-state index is 14.0. The van der Waals surface area contributed by atoms with Gasteiger partial charge in [0.05, 0.1) is 17.3 Å². The highest BCUT2D eigenvalue weighted by molar-refractivity contribution is 7.80. The summed E-state index contributed by atoms with van der Waals surface area (Å²) in [5, 5.41) is 12.0. The van der Waals surface area contributed by atoms with Gasteiger partial charge in [0.1, 0.15) is 5.82 Å². The van der Waals surface area contributed by atoms with Gasteiger partial charge in [-0.15, -0.1) is 0 Å². The van der Waals surface area contributed by atoms with Crippen LogP contribution in [0.1, 0.15) is 11.3 Å². The van der Waals surface area contributed by atoms with E-state index in [0.29, 0.717) is 37.2 Å². The van der Waals surface area contributed by atoms with Crippen LogP contribution in [0.4, 0.5) is 15.9 Å². The molecule has 0 saturated carbocycles. The molecule has 0 atom stereocenters. The molecular formula is C18H14Cl3FN4S. The van der Waals surface area contributed by atoms with Crippen LogP contribution in [0.25, 0.3) is 0 Å². The van der Waals surface area contributed by atoms with E-state index in [-0.39, 0.29) is 12.4 Å². The fraction of sp³-hybridized carbons (Fsp3) is 0.111. The van der Waals surface area contributed by atoms with Crippen molar-refractivity contribution in [3.8, 4) is 0 Å². The molecule has 4 nitrogen and oxygen atoms in total. The molecule has 0 unspecified atom stereocenters. The number of aryl methyl sites for hydroxylation is 1. The van der Waals surface area contributed by atoms with Crippen LogP contribution in [0.2, 0.25) is 15.1 Å². The van der Waals surface area contributed by atoms with E-state index in [1.807, 2.05) is 6.92 Å². The van der Waals surface area contributed by atoms with E-state index in [4.69, 9.17) is 47.0 Å². The van der Waals surface area contributed by atoms with Gasteiger partial charge in [0.15, 0.2) is 10.9 Å². The van der Waals surface area contributed by atoms with E-state index in [2.05, 4.69) is 15.7 Å². The first kappa shape index (κ1) is 19.9. The van der Waals surface area contributed by atoms with E-state index < -0.39 is 0 Å². The SMILES string of the molecule is Cc1cc(NC(=S)Nc2cc(Cl)ccc2Cl)nn1Cc1c(F)cccc1Cl. The largest absolute Gasteiger partial charge is 0.331 e. The van der Waals surface area contributed by atoms with Crippen LogP contribution in [-0.2, 0) is 6.54 Å². The summed E-state index contributed by atoms with van der Waals surface area (Å²) in [6.07, 6.45) is 0. The van der Waals surface area contributed by atoms with Crippen molar-refractivity contribution in [2.45, 2.75) is 13.5 Å². The van der Waals surface area contributed by atoms with Gasteiger partial charge in [-0.2, -0.15) is 5.10 Å². The van der Waals surface area contributed by atoms with Gasteiger partial charge in [0.25, 0.3) is 0 Å². The first-order chi connectivity index (χ1) is 12.8. The predicted octanol–water partition coefficient (Wildman–Crippen LogP) is 6.15. The summed E-state index contributed by atoms with van der Waals surface area (Å²) in [5.74, 6) is 0.135. The maximum Gasteiger partial charge on any atom is 0.176 e. The van der Waals surface area contributed by atoms with Crippen molar-refractivity contribution in [2.75, 3.05) is 10.6 Å². The number of rotatable bonds is 4. The molecule has 0 fully saturated rings. The summed E-state index contributed by atoms with van der Waals surface area (Å²) in [6.45, 7) is 2.07. The molecule has 0 saturated heterocycles. The molecule has 0 aliphatic rings. The van der Waals surface area contributed by atoms with Gasteiger partial charge in [0, 0.05) is 27.4 Å². The molecule has 0 amide bonds. The van der Waals surface area contributed by atoms with E-state index in [1.165, 1.54) is 6.07 Å². The second-order valence-electron chi connectivity index (χ2n) is 5.73. The molecule has 9 heteroatoms. The number of thiocarbonyl (C=S) groups is 1. The van der Waals surface area contributed by atoms with Crippen LogP contribution < -0.4 is 10.6 Å². The molecule has 0 aliphatic heterocycles. The molecule has 0 aliphatic carbocycles. The Morgan fingerprint density at radius 1 is 1.11 bits per heavy atom. The molecule has 140 valence electrons. The fourth-order valence-corrected chi connectivity index (χ4v) is 3.20. The zero-order valence-corrected chi connectivity index (χ0v) is 17.1. The van der Waals surface area contributed by atoms with E-state index in [0.717, 1.165) is 5.69 Å². The lowest BCUT2D eigenvalue weighted by molar-refractivity contribution is 0.581. The normalized spacial score (nSPS) is 10.7. The summed E-state index contributed by atoms with van der Waals surface area (Å²) in [6, 6.07) is 11.4. The topological polar surface area (TPSA) is 41.9 Å². The number of nitrogens with one attached hydrogen (secondary N) is 2. The van der Waals surface area contributed by atoms with Crippen molar-refractivity contribution in [1.29, 1.82) is 0 Å². The number of anilines is 2. The lowest BCUT2D eigenvalue weighted by Gasteiger charge is -2.10. The lowest BCUT2D eigenvalue weighted by atomic mass is 10.2. The third-order valence-electron chi connectivity index (χ3n) is 3.77. The Kier molecular flexibility index (Phi) is 6.22. The van der Waals surface area contributed by atoms with Crippen molar-refractivity contribution < 1.29 is 4.39 Å². The van der Waals surface area contributed by atoms with Gasteiger partial charge in [-0.25, -0.2) is 4.39 Å². The standard InChI is InChI=1S/C18H14Cl3FN4S/c1-10-7-17(24-18(27)23-16-8-11(19)5-6-14(16)21)25-26(10)9-12-13(20)3-2-4-15(12)22/h2-8H,9H2,1H3,(H2,23,24,25,27). The first-order valence-corrected chi connectivity index (χ1v) is 9.38. The minimum Gasteiger partial charge on any atom is -0.331 e. The van der Waals surface area contributed by atoms with Crippen molar-refractivity contribution >= 4 is 63.6 Å². The fourth-order valence-electron chi connectivity index (χ4n) is 2.43. The smallest absolute Gasteiger partial charge is 0.176 e. The Morgan fingerprint density at radius 3 is 2.63 bits per heavy atom. The molecule has 2 N–H and O–H groups in total. The Bertz CT molecular complexity index is 986. The Morgan fingerprint density at radius 2 is 1.89 bits per heavy atom. The molecule has 0 bridgehead atoms. The van der Waals surface area contributed by atoms with E-state index >= 15 is 0 Å². The maximum atomic E-state index is 14.0. The summed E-state index contributed by atoms with van der Waals surface area (Å²) in [4.78, 5) is 0. The van der Waals surface area contributed by atoms with Crippen LogP contribution in [0, 0.1) is 12.7 Å². The second-order valence-corrected chi connectivity index (χ2v) is 7.39. The van der Waals surface area contributed by atoms with Crippen LogP contribution in [0.5, 0.6) is 0 Å². The van der Waals surface area contributed by atoms with Crippen LogP contribution in [-0.4, -0.2) is 14.9 Å². The Balaban J connectivity index is 1.73. The second kappa shape index (κ2) is 8.44. The molecule has 2 aromatic carbocycles. The average molecular weight is 444 g/mol. The van der Waals surface area contributed by atoms with Gasteiger partial charge < -0.3 is 10.6 Å². The van der Waals surface area contributed by atoms with Crippen LogP contribution in [0.3, 0.4) is 0 Å². The zero-order chi connectivity index (χ0) is 19.6. The van der Waals surface area contributed by atoms with Crippen LogP contribution >= 0.6 is 47.0 Å². The molecule has 27 heavy (non-hydrogen) atoms. The van der Waals surface area contributed by atoms with Crippen molar-refractivity contribution in [3.05, 3.63) is 74.6 Å². The van der Waals surface area contributed by atoms with Gasteiger partial charge in [0.2, 0.25) is 0 Å². The van der Waals surface area contributed by atoms with Gasteiger partial charge in [-0.1, -0.05) is 40.9 Å². The molecule has 0 spiro atoms. The molecule has 1 heterocycles. The highest BCUT2D eigenvalue weighted by atomic mass is 35.5. The zero-order valence-electron chi connectivity index (χ0n) is 14.1. The lowest BCUT2D eigenvalue weighted by Crippen LogP contribution is -2.19. The third-order valence-corrected chi connectivity index (χ3v) is 4.89.